The number of aromatic amines is 1. The van der Waals surface area contributed by atoms with Crippen molar-refractivity contribution in [2.45, 2.75) is 19.6 Å². The third-order valence-corrected chi connectivity index (χ3v) is 3.65. The van der Waals surface area contributed by atoms with Crippen molar-refractivity contribution >= 4 is 28.5 Å². The van der Waals surface area contributed by atoms with Gasteiger partial charge < -0.3 is 15.0 Å². The van der Waals surface area contributed by atoms with Crippen LogP contribution in [0.3, 0.4) is 0 Å². The molecule has 0 atom stereocenters. The minimum absolute atomic E-state index is 0.0704. The van der Waals surface area contributed by atoms with E-state index in [1.165, 1.54) is 12.1 Å². The van der Waals surface area contributed by atoms with Crippen molar-refractivity contribution in [3.05, 3.63) is 47.3 Å². The SMILES string of the molecule is O=C(COCc1nc2ccc(F)cc2[nH]1)NCCCn1cc(Cl)cn1. The first-order valence-electron chi connectivity index (χ1n) is 7.77. The van der Waals surface area contributed by atoms with Crippen LogP contribution in [0.25, 0.3) is 11.0 Å². The van der Waals surface area contributed by atoms with Crippen LogP contribution in [0.2, 0.25) is 5.02 Å². The van der Waals surface area contributed by atoms with E-state index in [2.05, 4.69) is 20.4 Å². The maximum absolute atomic E-state index is 13.1. The molecule has 0 saturated carbocycles. The molecule has 0 bridgehead atoms. The third-order valence-electron chi connectivity index (χ3n) is 3.45. The van der Waals surface area contributed by atoms with E-state index in [0.717, 1.165) is 6.42 Å². The van der Waals surface area contributed by atoms with Gasteiger partial charge in [-0.1, -0.05) is 11.6 Å². The number of rotatable bonds is 8. The third kappa shape index (κ3) is 5.01. The maximum atomic E-state index is 13.1. The van der Waals surface area contributed by atoms with Crippen LogP contribution in [0.4, 0.5) is 4.39 Å². The largest absolute Gasteiger partial charge is 0.364 e. The summed E-state index contributed by atoms with van der Waals surface area (Å²) in [5, 5.41) is 7.40. The molecule has 132 valence electrons. The van der Waals surface area contributed by atoms with Gasteiger partial charge in [0.05, 0.1) is 22.3 Å². The number of hydrogen-bond acceptors (Lipinski definition) is 4. The minimum Gasteiger partial charge on any atom is -0.364 e. The molecule has 7 nitrogen and oxygen atoms in total. The predicted molar refractivity (Wildman–Crippen MR) is 90.6 cm³/mol. The maximum Gasteiger partial charge on any atom is 0.246 e. The number of hydrogen-bond donors (Lipinski definition) is 2. The quantitative estimate of drug-likeness (QED) is 0.600. The second-order valence-corrected chi connectivity index (χ2v) is 5.90. The summed E-state index contributed by atoms with van der Waals surface area (Å²) in [6, 6.07) is 4.30. The molecule has 25 heavy (non-hydrogen) atoms. The van der Waals surface area contributed by atoms with Gasteiger partial charge in [-0.15, -0.1) is 0 Å². The molecule has 1 amide bonds. The van der Waals surface area contributed by atoms with Crippen LogP contribution < -0.4 is 5.32 Å². The number of aryl methyl sites for hydroxylation is 1. The van der Waals surface area contributed by atoms with Crippen molar-refractivity contribution in [2.75, 3.05) is 13.2 Å². The number of benzene rings is 1. The Balaban J connectivity index is 1.34. The molecule has 0 aliphatic carbocycles. The van der Waals surface area contributed by atoms with Gasteiger partial charge in [-0.25, -0.2) is 9.37 Å². The fourth-order valence-electron chi connectivity index (χ4n) is 2.32. The summed E-state index contributed by atoms with van der Waals surface area (Å²) in [5.74, 6) is 0.00462. The van der Waals surface area contributed by atoms with Gasteiger partial charge in [-0.3, -0.25) is 9.48 Å². The van der Waals surface area contributed by atoms with Crippen LogP contribution in [0.1, 0.15) is 12.2 Å². The Morgan fingerprint density at radius 1 is 1.44 bits per heavy atom. The Bertz CT molecular complexity index is 863. The molecule has 2 aromatic heterocycles. The normalized spacial score (nSPS) is 11.1. The summed E-state index contributed by atoms with van der Waals surface area (Å²) < 4.78 is 20.2. The van der Waals surface area contributed by atoms with Crippen LogP contribution >= 0.6 is 11.6 Å². The van der Waals surface area contributed by atoms with Gasteiger partial charge in [-0.05, 0) is 24.6 Å². The van der Waals surface area contributed by atoms with Crippen molar-refractivity contribution < 1.29 is 13.9 Å². The van der Waals surface area contributed by atoms with E-state index in [4.69, 9.17) is 16.3 Å². The minimum atomic E-state index is -0.333. The fourth-order valence-corrected chi connectivity index (χ4v) is 2.48. The molecule has 0 aliphatic heterocycles. The standard InChI is InChI=1S/C16H17ClFN5O2/c17-11-7-20-23(8-11)5-1-4-19-16(24)10-25-9-15-21-13-3-2-12(18)6-14(13)22-15/h2-3,6-8H,1,4-5,9-10H2,(H,19,24)(H,21,22). The lowest BCUT2D eigenvalue weighted by Crippen LogP contribution is -2.29. The zero-order valence-electron chi connectivity index (χ0n) is 13.3. The number of nitrogens with one attached hydrogen (secondary N) is 2. The van der Waals surface area contributed by atoms with E-state index < -0.39 is 0 Å². The molecule has 3 aromatic rings. The molecule has 0 aliphatic rings. The molecular weight excluding hydrogens is 349 g/mol. The fraction of sp³-hybridized carbons (Fsp3) is 0.312. The second kappa shape index (κ2) is 8.09. The molecule has 0 saturated heterocycles. The van der Waals surface area contributed by atoms with Crippen molar-refractivity contribution in [2.24, 2.45) is 0 Å². The number of halogens is 2. The lowest BCUT2D eigenvalue weighted by Gasteiger charge is -2.05. The van der Waals surface area contributed by atoms with E-state index in [-0.39, 0.29) is 24.9 Å². The van der Waals surface area contributed by atoms with Gasteiger partial charge in [0.2, 0.25) is 5.91 Å². The van der Waals surface area contributed by atoms with Gasteiger partial charge in [0, 0.05) is 19.3 Å². The Morgan fingerprint density at radius 2 is 2.32 bits per heavy atom. The zero-order valence-corrected chi connectivity index (χ0v) is 14.1. The molecule has 0 radical (unpaired) electrons. The lowest BCUT2D eigenvalue weighted by molar-refractivity contribution is -0.126. The number of carbonyl (C=O) groups is 1. The number of fused-ring (bicyclic) bond motifs is 1. The average Bonchev–Trinajstić information content (AvgIpc) is 3.17. The van der Waals surface area contributed by atoms with E-state index >= 15 is 0 Å². The van der Waals surface area contributed by atoms with Gasteiger partial charge >= 0.3 is 0 Å². The average molecular weight is 366 g/mol. The van der Waals surface area contributed by atoms with E-state index in [9.17, 15) is 9.18 Å². The van der Waals surface area contributed by atoms with Crippen LogP contribution in [0.5, 0.6) is 0 Å². The summed E-state index contributed by atoms with van der Waals surface area (Å²) in [4.78, 5) is 18.9. The first-order chi connectivity index (χ1) is 12.1. The highest BCUT2D eigenvalue weighted by Gasteiger charge is 2.06. The van der Waals surface area contributed by atoms with Crippen LogP contribution in [-0.2, 0) is 22.7 Å². The smallest absolute Gasteiger partial charge is 0.246 e. The number of nitrogens with zero attached hydrogens (tertiary/aromatic N) is 3. The Morgan fingerprint density at radius 3 is 3.12 bits per heavy atom. The molecule has 2 heterocycles. The predicted octanol–water partition coefficient (Wildman–Crippen LogP) is 2.28. The van der Waals surface area contributed by atoms with E-state index in [0.29, 0.717) is 35.0 Å². The van der Waals surface area contributed by atoms with Crippen LogP contribution in [0, 0.1) is 5.82 Å². The number of H-pyrrole nitrogens is 1. The molecule has 1 aromatic carbocycles. The Kier molecular flexibility index (Phi) is 5.62. The number of amides is 1. The Labute approximate surface area is 148 Å². The molecule has 3 rings (SSSR count). The number of carbonyl (C=O) groups excluding carboxylic acids is 1. The van der Waals surface area contributed by atoms with Crippen LogP contribution in [-0.4, -0.2) is 38.8 Å². The summed E-state index contributed by atoms with van der Waals surface area (Å²) in [5.41, 5.74) is 1.25. The molecule has 0 fully saturated rings. The van der Waals surface area contributed by atoms with Crippen LogP contribution in [0.15, 0.2) is 30.6 Å². The highest BCUT2D eigenvalue weighted by molar-refractivity contribution is 6.30. The van der Waals surface area contributed by atoms with Gasteiger partial charge in [0.1, 0.15) is 24.9 Å². The monoisotopic (exact) mass is 365 g/mol. The van der Waals surface area contributed by atoms with Crippen molar-refractivity contribution in [1.82, 2.24) is 25.1 Å². The Hall–Kier alpha value is -2.45. The van der Waals surface area contributed by atoms with Crippen molar-refractivity contribution in [3.8, 4) is 0 Å². The second-order valence-electron chi connectivity index (χ2n) is 5.46. The topological polar surface area (TPSA) is 84.8 Å². The highest BCUT2D eigenvalue weighted by atomic mass is 35.5. The summed E-state index contributed by atoms with van der Waals surface area (Å²) >= 11 is 5.77. The van der Waals surface area contributed by atoms with E-state index in [1.807, 2.05) is 0 Å². The number of ether oxygens (including phenoxy) is 1. The first kappa shape index (κ1) is 17.4. The number of aromatic nitrogens is 4. The zero-order chi connectivity index (χ0) is 17.6. The van der Waals surface area contributed by atoms with E-state index in [1.54, 1.807) is 23.1 Å². The highest BCUT2D eigenvalue weighted by Crippen LogP contribution is 2.13. The molecule has 0 unspecified atom stereocenters. The number of imidazole rings is 1. The molecular formula is C16H17ClFN5O2. The molecule has 0 spiro atoms. The first-order valence-corrected chi connectivity index (χ1v) is 8.14. The summed E-state index contributed by atoms with van der Waals surface area (Å²) in [6.07, 6.45) is 4.03. The summed E-state index contributed by atoms with van der Waals surface area (Å²) in [6.45, 7) is 1.27. The molecule has 9 heteroatoms. The van der Waals surface area contributed by atoms with Crippen molar-refractivity contribution in [3.63, 3.8) is 0 Å². The van der Waals surface area contributed by atoms with Crippen molar-refractivity contribution in [1.29, 1.82) is 0 Å². The van der Waals surface area contributed by atoms with Gasteiger partial charge in [0.15, 0.2) is 0 Å². The summed E-state index contributed by atoms with van der Waals surface area (Å²) in [7, 11) is 0. The van der Waals surface area contributed by atoms with Gasteiger partial charge in [0.25, 0.3) is 0 Å². The molecule has 2 N–H and O–H groups in total. The van der Waals surface area contributed by atoms with Gasteiger partial charge in [-0.2, -0.15) is 5.10 Å². The lowest BCUT2D eigenvalue weighted by atomic mass is 10.3.